The first kappa shape index (κ1) is 15.2. The second-order valence-electron chi connectivity index (χ2n) is 5.53. The maximum atomic E-state index is 15.2. The van der Waals surface area contributed by atoms with Crippen LogP contribution in [0, 0.1) is 0 Å². The maximum absolute atomic E-state index is 15.2. The molecule has 0 aromatic heterocycles. The lowest BCUT2D eigenvalue weighted by Crippen LogP contribution is -2.49. The Morgan fingerprint density at radius 3 is 2.22 bits per heavy atom. The number of ether oxygens (including phenoxy) is 1. The van der Waals surface area contributed by atoms with E-state index >= 15 is 4.39 Å². The van der Waals surface area contributed by atoms with E-state index in [1.165, 1.54) is 0 Å². The Kier molecular flexibility index (Phi) is 4.10. The van der Waals surface area contributed by atoms with Gasteiger partial charge in [0.15, 0.2) is 0 Å². The number of carbonyl (C=O) groups excluding carboxylic acids is 2. The summed E-state index contributed by atoms with van der Waals surface area (Å²) in [6.07, 6.45) is -1.05. The number of hydrogen-bond acceptors (Lipinski definition) is 3. The molecule has 1 saturated heterocycles. The molecule has 0 radical (unpaired) electrons. The molecule has 23 heavy (non-hydrogen) atoms. The number of benzene rings is 2. The highest BCUT2D eigenvalue weighted by Gasteiger charge is 2.51. The molecule has 1 fully saturated rings. The number of nitrogens with zero attached hydrogens (tertiary/aromatic N) is 1. The molecule has 1 atom stereocenters. The van der Waals surface area contributed by atoms with Crippen LogP contribution in [0.3, 0.4) is 0 Å². The quantitative estimate of drug-likeness (QED) is 0.815. The van der Waals surface area contributed by atoms with Gasteiger partial charge in [-0.1, -0.05) is 60.7 Å². The lowest BCUT2D eigenvalue weighted by atomic mass is 10.0. The predicted octanol–water partition coefficient (Wildman–Crippen LogP) is 3.12. The maximum Gasteiger partial charge on any atom is 0.419 e. The topological polar surface area (TPSA) is 46.6 Å². The number of rotatable bonds is 4. The third-order valence-corrected chi connectivity index (χ3v) is 3.77. The molecule has 4 nitrogen and oxygen atoms in total. The van der Waals surface area contributed by atoms with Crippen LogP contribution in [0.15, 0.2) is 60.7 Å². The summed E-state index contributed by atoms with van der Waals surface area (Å²) < 4.78 is 20.0. The molecule has 1 aliphatic heterocycles. The molecule has 1 heterocycles. The van der Waals surface area contributed by atoms with Crippen LogP contribution >= 0.6 is 0 Å². The van der Waals surface area contributed by atoms with E-state index in [2.05, 4.69) is 0 Å². The molecule has 2 aromatic carbocycles. The van der Waals surface area contributed by atoms with Crippen LogP contribution in [0.25, 0.3) is 0 Å². The van der Waals surface area contributed by atoms with Crippen LogP contribution < -0.4 is 0 Å². The number of halogens is 1. The van der Waals surface area contributed by atoms with Gasteiger partial charge in [-0.15, -0.1) is 0 Å². The molecule has 0 unspecified atom stereocenters. The Balaban J connectivity index is 1.80. The van der Waals surface area contributed by atoms with Gasteiger partial charge in [-0.2, -0.15) is 0 Å². The van der Waals surface area contributed by atoms with Crippen LogP contribution in [0.4, 0.5) is 9.18 Å². The summed E-state index contributed by atoms with van der Waals surface area (Å²) in [4.78, 5) is 24.9. The number of alkyl halides is 1. The highest BCUT2D eigenvalue weighted by molar-refractivity contribution is 5.95. The number of imide groups is 1. The van der Waals surface area contributed by atoms with Crippen molar-refractivity contribution < 1.29 is 18.7 Å². The van der Waals surface area contributed by atoms with Crippen LogP contribution in [-0.4, -0.2) is 29.3 Å². The van der Waals surface area contributed by atoms with E-state index in [1.807, 2.05) is 12.1 Å². The first-order valence-corrected chi connectivity index (χ1v) is 7.35. The largest absolute Gasteiger partial charge is 0.444 e. The standard InChI is InChI=1S/C18H16FNO3/c19-18(12-15-9-5-2-6-10-15)13-23-17(22)20(18)16(21)11-14-7-3-1-4-8-14/h1-10H,11-13H2/t18-/m1/s1. The molecular weight excluding hydrogens is 297 g/mol. The van der Waals surface area contributed by atoms with Gasteiger partial charge in [0.25, 0.3) is 0 Å². The summed E-state index contributed by atoms with van der Waals surface area (Å²) in [7, 11) is 0. The van der Waals surface area contributed by atoms with Crippen molar-refractivity contribution in [1.82, 2.24) is 4.90 Å². The average molecular weight is 313 g/mol. The highest BCUT2D eigenvalue weighted by atomic mass is 19.1. The summed E-state index contributed by atoms with van der Waals surface area (Å²) in [6, 6.07) is 17.8. The Labute approximate surface area is 133 Å². The van der Waals surface area contributed by atoms with E-state index in [0.29, 0.717) is 10.5 Å². The number of cyclic esters (lactones) is 1. The average Bonchev–Trinajstić information content (AvgIpc) is 2.84. The van der Waals surface area contributed by atoms with Crippen molar-refractivity contribution in [2.75, 3.05) is 6.61 Å². The predicted molar refractivity (Wildman–Crippen MR) is 82.3 cm³/mol. The Hall–Kier alpha value is -2.69. The Bertz CT molecular complexity index is 705. The third-order valence-electron chi connectivity index (χ3n) is 3.77. The van der Waals surface area contributed by atoms with Gasteiger partial charge >= 0.3 is 6.09 Å². The van der Waals surface area contributed by atoms with Gasteiger partial charge in [-0.05, 0) is 11.1 Å². The molecule has 2 aromatic rings. The number of hydrogen-bond donors (Lipinski definition) is 0. The zero-order valence-corrected chi connectivity index (χ0v) is 12.4. The van der Waals surface area contributed by atoms with Crippen molar-refractivity contribution in [2.45, 2.75) is 18.6 Å². The lowest BCUT2D eigenvalue weighted by Gasteiger charge is -2.26. The van der Waals surface area contributed by atoms with Gasteiger partial charge in [0.2, 0.25) is 11.7 Å². The van der Waals surface area contributed by atoms with Crippen molar-refractivity contribution in [3.05, 3.63) is 71.8 Å². The van der Waals surface area contributed by atoms with Crippen molar-refractivity contribution >= 4 is 12.0 Å². The molecule has 5 heteroatoms. The summed E-state index contributed by atoms with van der Waals surface area (Å²) in [6.45, 7) is -0.443. The summed E-state index contributed by atoms with van der Waals surface area (Å²) in [5.74, 6) is -2.75. The van der Waals surface area contributed by atoms with Crippen LogP contribution in [0.1, 0.15) is 11.1 Å². The molecule has 3 rings (SSSR count). The van der Waals surface area contributed by atoms with E-state index in [9.17, 15) is 9.59 Å². The third kappa shape index (κ3) is 3.23. The molecule has 0 bridgehead atoms. The van der Waals surface area contributed by atoms with E-state index in [1.54, 1.807) is 48.5 Å². The monoisotopic (exact) mass is 313 g/mol. The molecule has 118 valence electrons. The van der Waals surface area contributed by atoms with Crippen molar-refractivity contribution in [3.63, 3.8) is 0 Å². The molecular formula is C18H16FNO3. The normalized spacial score (nSPS) is 20.4. The molecule has 1 aliphatic rings. The molecule has 0 saturated carbocycles. The van der Waals surface area contributed by atoms with Crippen LogP contribution in [0.2, 0.25) is 0 Å². The van der Waals surface area contributed by atoms with Crippen molar-refractivity contribution in [3.8, 4) is 0 Å². The fraction of sp³-hybridized carbons (Fsp3) is 0.222. The zero-order valence-electron chi connectivity index (χ0n) is 12.4. The fourth-order valence-electron chi connectivity index (χ4n) is 2.68. The van der Waals surface area contributed by atoms with Gasteiger partial charge in [0.1, 0.15) is 6.61 Å². The Morgan fingerprint density at radius 2 is 1.61 bits per heavy atom. The van der Waals surface area contributed by atoms with E-state index in [0.717, 1.165) is 5.56 Å². The van der Waals surface area contributed by atoms with Gasteiger partial charge < -0.3 is 4.74 Å². The van der Waals surface area contributed by atoms with E-state index < -0.39 is 24.4 Å². The number of amides is 2. The molecule has 0 N–H and O–H groups in total. The fourth-order valence-corrected chi connectivity index (χ4v) is 2.68. The van der Waals surface area contributed by atoms with Crippen molar-refractivity contribution in [2.24, 2.45) is 0 Å². The molecule has 0 spiro atoms. The van der Waals surface area contributed by atoms with Gasteiger partial charge in [-0.25, -0.2) is 14.1 Å². The van der Waals surface area contributed by atoms with E-state index in [4.69, 9.17) is 4.74 Å². The van der Waals surface area contributed by atoms with Gasteiger partial charge in [0, 0.05) is 6.42 Å². The van der Waals surface area contributed by atoms with E-state index in [-0.39, 0.29) is 12.8 Å². The zero-order chi connectivity index (χ0) is 16.3. The van der Waals surface area contributed by atoms with Gasteiger partial charge in [0.05, 0.1) is 6.42 Å². The molecule has 0 aliphatic carbocycles. The molecule has 2 amide bonds. The summed E-state index contributed by atoms with van der Waals surface area (Å²) >= 11 is 0. The van der Waals surface area contributed by atoms with Crippen molar-refractivity contribution in [1.29, 1.82) is 0 Å². The smallest absolute Gasteiger partial charge is 0.419 e. The first-order chi connectivity index (χ1) is 11.1. The highest BCUT2D eigenvalue weighted by Crippen LogP contribution is 2.30. The summed E-state index contributed by atoms with van der Waals surface area (Å²) in [5, 5.41) is 0. The SMILES string of the molecule is O=C(Cc1ccccc1)N1C(=O)OC[C@@]1(F)Cc1ccccc1. The van der Waals surface area contributed by atoms with Gasteiger partial charge in [-0.3, -0.25) is 4.79 Å². The second-order valence-corrected chi connectivity index (χ2v) is 5.53. The lowest BCUT2D eigenvalue weighted by molar-refractivity contribution is -0.136. The van der Waals surface area contributed by atoms with Crippen LogP contribution in [0.5, 0.6) is 0 Å². The first-order valence-electron chi connectivity index (χ1n) is 7.35. The minimum absolute atomic E-state index is 0.0452. The minimum atomic E-state index is -2.15. The van der Waals surface area contributed by atoms with Crippen LogP contribution in [-0.2, 0) is 22.4 Å². The minimum Gasteiger partial charge on any atom is -0.444 e. The Morgan fingerprint density at radius 1 is 1.04 bits per heavy atom. The summed E-state index contributed by atoms with van der Waals surface area (Å²) in [5.41, 5.74) is 1.42. The number of carbonyl (C=O) groups is 2. The second kappa shape index (κ2) is 6.20.